The van der Waals surface area contributed by atoms with E-state index in [0.29, 0.717) is 13.0 Å². The van der Waals surface area contributed by atoms with Crippen LogP contribution in [0.2, 0.25) is 0 Å². The molecule has 0 aliphatic rings. The van der Waals surface area contributed by atoms with E-state index in [1.807, 2.05) is 20.8 Å². The third kappa shape index (κ3) is 7.35. The normalized spacial score (nSPS) is 11.0. The average Bonchev–Trinajstić information content (AvgIpc) is 2.68. The predicted molar refractivity (Wildman–Crippen MR) is 112 cm³/mol. The number of carbonyl (C=O) groups excluding carboxylic acids is 2. The van der Waals surface area contributed by atoms with Crippen molar-refractivity contribution < 1.29 is 14.3 Å². The fourth-order valence-electron chi connectivity index (χ4n) is 3.18. The lowest BCUT2D eigenvalue weighted by Gasteiger charge is -2.23. The summed E-state index contributed by atoms with van der Waals surface area (Å²) >= 11 is 0. The summed E-state index contributed by atoms with van der Waals surface area (Å²) in [5.41, 5.74) is 4.82. The van der Waals surface area contributed by atoms with Gasteiger partial charge in [-0.1, -0.05) is 37.8 Å². The van der Waals surface area contributed by atoms with E-state index in [2.05, 4.69) is 36.3 Å². The first kappa shape index (κ1) is 23.7. The van der Waals surface area contributed by atoms with E-state index in [1.165, 1.54) is 12.7 Å². The first-order chi connectivity index (χ1) is 13.2. The molecule has 0 unspecified atom stereocenters. The maximum atomic E-state index is 11.8. The molecular weight excluding hydrogens is 354 g/mol. The number of carbonyl (C=O) groups is 2. The molecule has 2 amide bonds. The Kier molecular flexibility index (Phi) is 9.73. The van der Waals surface area contributed by atoms with Gasteiger partial charge in [0.1, 0.15) is 0 Å². The zero-order valence-corrected chi connectivity index (χ0v) is 17.7. The van der Waals surface area contributed by atoms with Crippen LogP contribution in [-0.2, 0) is 22.4 Å². The van der Waals surface area contributed by atoms with Gasteiger partial charge < -0.3 is 4.74 Å². The van der Waals surface area contributed by atoms with Crippen molar-refractivity contribution in [2.24, 2.45) is 11.3 Å². The Hall–Kier alpha value is -2.34. The highest BCUT2D eigenvalue weighted by Gasteiger charge is 2.28. The Morgan fingerprint density at radius 2 is 1.79 bits per heavy atom. The Bertz CT molecular complexity index is 653. The van der Waals surface area contributed by atoms with Crippen LogP contribution >= 0.6 is 0 Å². The SMILES string of the molecule is C=C(CCCCc1ccc(CC(C)(C)C(=O)OC)cc1)N(CCC)C(=O)NN. The number of allylic oxidation sites excluding steroid dienone is 1. The molecule has 6 nitrogen and oxygen atoms in total. The molecule has 0 bridgehead atoms. The van der Waals surface area contributed by atoms with Gasteiger partial charge in [-0.2, -0.15) is 0 Å². The number of nitrogens with two attached hydrogens (primary N) is 1. The van der Waals surface area contributed by atoms with Crippen molar-refractivity contribution in [1.29, 1.82) is 0 Å². The van der Waals surface area contributed by atoms with E-state index in [-0.39, 0.29) is 12.0 Å². The van der Waals surface area contributed by atoms with Crippen LogP contribution in [0.5, 0.6) is 0 Å². The van der Waals surface area contributed by atoms with E-state index in [9.17, 15) is 9.59 Å². The van der Waals surface area contributed by atoms with Crippen molar-refractivity contribution in [1.82, 2.24) is 10.3 Å². The highest BCUT2D eigenvalue weighted by molar-refractivity contribution is 5.76. The van der Waals surface area contributed by atoms with E-state index < -0.39 is 5.41 Å². The van der Waals surface area contributed by atoms with Crippen molar-refractivity contribution in [3.8, 4) is 0 Å². The van der Waals surface area contributed by atoms with Crippen molar-refractivity contribution in [3.05, 3.63) is 47.7 Å². The summed E-state index contributed by atoms with van der Waals surface area (Å²) in [4.78, 5) is 25.2. The van der Waals surface area contributed by atoms with Crippen molar-refractivity contribution in [3.63, 3.8) is 0 Å². The number of hydrazine groups is 1. The maximum Gasteiger partial charge on any atom is 0.335 e. The number of benzene rings is 1. The van der Waals surface area contributed by atoms with Gasteiger partial charge in [-0.15, -0.1) is 0 Å². The Balaban J connectivity index is 2.47. The number of esters is 1. The van der Waals surface area contributed by atoms with Crippen LogP contribution in [0, 0.1) is 5.41 Å². The second-order valence-corrected chi connectivity index (χ2v) is 7.74. The molecule has 0 spiro atoms. The molecule has 3 N–H and O–H groups in total. The van der Waals surface area contributed by atoms with Gasteiger partial charge in [0.2, 0.25) is 0 Å². The monoisotopic (exact) mass is 389 g/mol. The van der Waals surface area contributed by atoms with Gasteiger partial charge in [-0.05, 0) is 63.5 Å². The van der Waals surface area contributed by atoms with Gasteiger partial charge >= 0.3 is 12.0 Å². The molecule has 0 aliphatic heterocycles. The topological polar surface area (TPSA) is 84.7 Å². The summed E-state index contributed by atoms with van der Waals surface area (Å²) < 4.78 is 4.87. The zero-order valence-electron chi connectivity index (χ0n) is 17.7. The molecule has 28 heavy (non-hydrogen) atoms. The van der Waals surface area contributed by atoms with E-state index >= 15 is 0 Å². The van der Waals surface area contributed by atoms with Gasteiger partial charge in [0, 0.05) is 12.2 Å². The van der Waals surface area contributed by atoms with Crippen LogP contribution < -0.4 is 11.3 Å². The van der Waals surface area contributed by atoms with Crippen LogP contribution in [0.3, 0.4) is 0 Å². The summed E-state index contributed by atoms with van der Waals surface area (Å²) in [6.45, 7) is 10.4. The number of unbranched alkanes of at least 4 members (excludes halogenated alkanes) is 1. The van der Waals surface area contributed by atoms with Gasteiger partial charge in [0.05, 0.1) is 12.5 Å². The first-order valence-electron chi connectivity index (χ1n) is 9.87. The lowest BCUT2D eigenvalue weighted by molar-refractivity contribution is -0.150. The van der Waals surface area contributed by atoms with Gasteiger partial charge in [0.25, 0.3) is 0 Å². The number of nitrogens with one attached hydrogen (secondary N) is 1. The molecule has 0 fully saturated rings. The molecule has 0 aromatic heterocycles. The highest BCUT2D eigenvalue weighted by Crippen LogP contribution is 2.24. The number of amides is 2. The first-order valence-corrected chi connectivity index (χ1v) is 9.87. The summed E-state index contributed by atoms with van der Waals surface area (Å²) in [6, 6.07) is 8.07. The molecular formula is C22H35N3O3. The summed E-state index contributed by atoms with van der Waals surface area (Å²) in [5, 5.41) is 0. The van der Waals surface area contributed by atoms with Gasteiger partial charge in [-0.25, -0.2) is 10.6 Å². The van der Waals surface area contributed by atoms with Crippen LogP contribution in [-0.4, -0.2) is 30.6 Å². The summed E-state index contributed by atoms with van der Waals surface area (Å²) in [7, 11) is 1.42. The minimum absolute atomic E-state index is 0.197. The quantitative estimate of drug-likeness (QED) is 0.197. The molecule has 0 heterocycles. The fourth-order valence-corrected chi connectivity index (χ4v) is 3.18. The molecule has 0 aliphatic carbocycles. The number of methoxy groups -OCH3 is 1. The minimum atomic E-state index is -0.531. The van der Waals surface area contributed by atoms with Crippen LogP contribution in [0.4, 0.5) is 4.79 Å². The second-order valence-electron chi connectivity index (χ2n) is 7.74. The smallest absolute Gasteiger partial charge is 0.335 e. The second kappa shape index (κ2) is 11.5. The van der Waals surface area contributed by atoms with Crippen molar-refractivity contribution in [2.75, 3.05) is 13.7 Å². The molecule has 0 atom stereocenters. The van der Waals surface area contributed by atoms with Crippen LogP contribution in [0.15, 0.2) is 36.5 Å². The molecule has 1 aromatic rings. The summed E-state index contributed by atoms with van der Waals surface area (Å²) in [5.74, 6) is 5.04. The third-order valence-electron chi connectivity index (χ3n) is 4.79. The third-order valence-corrected chi connectivity index (χ3v) is 4.79. The van der Waals surface area contributed by atoms with Crippen LogP contribution in [0.25, 0.3) is 0 Å². The van der Waals surface area contributed by atoms with Gasteiger partial charge in [0.15, 0.2) is 0 Å². The Morgan fingerprint density at radius 1 is 1.18 bits per heavy atom. The molecule has 1 aromatic carbocycles. The number of aryl methyl sites for hydroxylation is 1. The molecule has 156 valence electrons. The number of urea groups is 1. The number of hydrogen-bond donors (Lipinski definition) is 2. The van der Waals surface area contributed by atoms with Crippen LogP contribution in [0.1, 0.15) is 57.6 Å². The number of nitrogens with zero attached hydrogens (tertiary/aromatic N) is 1. The standard InChI is InChI=1S/C22H35N3O3/c1-6-15-25(21(27)24-23)17(2)9-7-8-10-18-11-13-19(14-12-18)16-22(3,4)20(26)28-5/h11-14H,2,6-10,15-16,23H2,1,3-5H3,(H,24,27). The highest BCUT2D eigenvalue weighted by atomic mass is 16.5. The number of rotatable bonds is 11. The zero-order chi connectivity index (χ0) is 21.2. The molecule has 0 saturated carbocycles. The molecule has 0 saturated heterocycles. The largest absolute Gasteiger partial charge is 0.469 e. The summed E-state index contributed by atoms with van der Waals surface area (Å²) in [6.07, 6.45) is 5.19. The fraction of sp³-hybridized carbons (Fsp3) is 0.545. The number of hydrogen-bond acceptors (Lipinski definition) is 4. The lowest BCUT2D eigenvalue weighted by Crippen LogP contribution is -2.43. The average molecular weight is 390 g/mol. The predicted octanol–water partition coefficient (Wildman–Crippen LogP) is 3.95. The maximum absolute atomic E-state index is 11.8. The lowest BCUT2D eigenvalue weighted by atomic mass is 9.85. The van der Waals surface area contributed by atoms with Crippen molar-refractivity contribution in [2.45, 2.75) is 59.3 Å². The van der Waals surface area contributed by atoms with Gasteiger partial charge in [-0.3, -0.25) is 15.1 Å². The van der Waals surface area contributed by atoms with E-state index in [0.717, 1.165) is 43.4 Å². The molecule has 6 heteroatoms. The van der Waals surface area contributed by atoms with E-state index in [4.69, 9.17) is 10.6 Å². The Morgan fingerprint density at radius 3 is 2.32 bits per heavy atom. The number of ether oxygens (including phenoxy) is 1. The minimum Gasteiger partial charge on any atom is -0.469 e. The molecule has 1 rings (SSSR count). The Labute approximate surface area is 169 Å². The van der Waals surface area contributed by atoms with Crippen molar-refractivity contribution >= 4 is 12.0 Å². The molecule has 0 radical (unpaired) electrons. The van der Waals surface area contributed by atoms with E-state index in [1.54, 1.807) is 4.90 Å².